The molecule has 0 bridgehead atoms. The smallest absolute Gasteiger partial charge is 0.138 e. The molecule has 0 spiro atoms. The molecule has 10 rings (SSSR count). The normalized spacial score (nSPS) is 11.3. The summed E-state index contributed by atoms with van der Waals surface area (Å²) in [5.41, 5.74) is 14.6. The molecule has 0 aliphatic rings. The van der Waals surface area contributed by atoms with Crippen LogP contribution in [0.4, 0.5) is 17.1 Å². The van der Waals surface area contributed by atoms with E-state index in [1.54, 1.807) is 0 Å². The van der Waals surface area contributed by atoms with Gasteiger partial charge in [-0.05, 0) is 88.0 Å². The first-order valence-electron chi connectivity index (χ1n) is 18.3. The van der Waals surface area contributed by atoms with E-state index >= 15 is 0 Å². The highest BCUT2D eigenvalue weighted by molar-refractivity contribution is 6.15. The van der Waals surface area contributed by atoms with Crippen molar-refractivity contribution >= 4 is 49.9 Å². The molecule has 254 valence electrons. The van der Waals surface area contributed by atoms with Crippen LogP contribution in [0.3, 0.4) is 0 Å². The van der Waals surface area contributed by atoms with Crippen LogP contribution in [0, 0.1) is 0 Å². The number of anilines is 3. The predicted molar refractivity (Wildman–Crippen MR) is 225 cm³/mol. The molecule has 0 aliphatic carbocycles. The molecule has 2 heterocycles. The minimum Gasteiger partial charge on any atom is -0.456 e. The van der Waals surface area contributed by atoms with Crippen LogP contribution < -0.4 is 4.90 Å². The van der Waals surface area contributed by atoms with Crippen LogP contribution in [0.25, 0.3) is 77.5 Å². The molecule has 0 amide bonds. The summed E-state index contributed by atoms with van der Waals surface area (Å²) in [7, 11) is 0. The second-order valence-electron chi connectivity index (χ2n) is 13.6. The van der Waals surface area contributed by atoms with Crippen molar-refractivity contribution in [2.45, 2.75) is 0 Å². The van der Waals surface area contributed by atoms with Crippen LogP contribution in [-0.2, 0) is 0 Å². The summed E-state index contributed by atoms with van der Waals surface area (Å²) < 4.78 is 6.68. The summed E-state index contributed by atoms with van der Waals surface area (Å²) in [4.78, 5) is 7.63. The van der Waals surface area contributed by atoms with E-state index in [2.05, 4.69) is 199 Å². The van der Waals surface area contributed by atoms with E-state index in [0.29, 0.717) is 0 Å². The lowest BCUT2D eigenvalue weighted by Crippen LogP contribution is -2.10. The van der Waals surface area contributed by atoms with Crippen molar-refractivity contribution in [1.29, 1.82) is 0 Å². The van der Waals surface area contributed by atoms with Crippen molar-refractivity contribution in [3.8, 4) is 44.6 Å². The minimum atomic E-state index is 0.812. The second-order valence-corrected chi connectivity index (χ2v) is 13.6. The number of furan rings is 1. The molecule has 0 fully saturated rings. The van der Waals surface area contributed by atoms with Gasteiger partial charge in [0.2, 0.25) is 0 Å². The number of hydrogen-bond donors (Lipinski definition) is 0. The number of aromatic nitrogens is 1. The summed E-state index contributed by atoms with van der Waals surface area (Å²) in [6, 6.07) is 72.7. The topological polar surface area (TPSA) is 29.3 Å². The van der Waals surface area contributed by atoms with Crippen LogP contribution in [-0.4, -0.2) is 4.98 Å². The van der Waals surface area contributed by atoms with Crippen molar-refractivity contribution in [2.24, 2.45) is 0 Å². The van der Waals surface area contributed by atoms with Gasteiger partial charge in [-0.25, -0.2) is 4.98 Å². The van der Waals surface area contributed by atoms with E-state index in [4.69, 9.17) is 9.40 Å². The average molecular weight is 691 g/mol. The summed E-state index contributed by atoms with van der Waals surface area (Å²) >= 11 is 0. The maximum Gasteiger partial charge on any atom is 0.138 e. The van der Waals surface area contributed by atoms with Crippen LogP contribution in [0.2, 0.25) is 0 Å². The Balaban J connectivity index is 1.22. The third-order valence-electron chi connectivity index (χ3n) is 10.3. The van der Waals surface area contributed by atoms with Gasteiger partial charge in [0.05, 0.1) is 22.3 Å². The van der Waals surface area contributed by atoms with Crippen molar-refractivity contribution in [3.05, 3.63) is 206 Å². The van der Waals surface area contributed by atoms with Crippen molar-refractivity contribution in [2.75, 3.05) is 4.90 Å². The summed E-state index contributed by atoms with van der Waals surface area (Å²) in [6.45, 7) is 0. The molecule has 0 saturated heterocycles. The molecule has 0 radical (unpaired) electrons. The van der Waals surface area contributed by atoms with Gasteiger partial charge in [-0.1, -0.05) is 152 Å². The zero-order chi connectivity index (χ0) is 35.8. The summed E-state index contributed by atoms with van der Waals surface area (Å²) in [5, 5.41) is 3.24. The molecule has 0 saturated carbocycles. The van der Waals surface area contributed by atoms with Crippen molar-refractivity contribution < 1.29 is 4.42 Å². The fraction of sp³-hybridized carbons (Fsp3) is 0. The van der Waals surface area contributed by atoms with Crippen LogP contribution >= 0.6 is 0 Å². The SMILES string of the molecule is c1ccc(-c2ccc(N(c3ccc(-c4ccccc4)cc3)c3cc(-c4cc(-c5ccccc5)c5ccccc5n4)cc4oc5ccccc5c34)cc2)cc1. The first-order valence-corrected chi connectivity index (χ1v) is 18.3. The lowest BCUT2D eigenvalue weighted by atomic mass is 9.97. The summed E-state index contributed by atoms with van der Waals surface area (Å²) in [5.74, 6) is 0. The number of nitrogens with zero attached hydrogens (tertiary/aromatic N) is 2. The minimum absolute atomic E-state index is 0.812. The van der Waals surface area contributed by atoms with E-state index in [9.17, 15) is 0 Å². The Labute approximate surface area is 314 Å². The molecule has 0 unspecified atom stereocenters. The molecular weight excluding hydrogens is 657 g/mol. The van der Waals surface area contributed by atoms with E-state index in [1.165, 1.54) is 22.3 Å². The van der Waals surface area contributed by atoms with Gasteiger partial charge in [-0.15, -0.1) is 0 Å². The maximum absolute atomic E-state index is 6.68. The highest BCUT2D eigenvalue weighted by Crippen LogP contribution is 2.46. The largest absolute Gasteiger partial charge is 0.456 e. The monoisotopic (exact) mass is 690 g/mol. The van der Waals surface area contributed by atoms with E-state index in [0.717, 1.165) is 72.3 Å². The third kappa shape index (κ3) is 5.69. The van der Waals surface area contributed by atoms with Gasteiger partial charge >= 0.3 is 0 Å². The molecule has 10 aromatic rings. The molecule has 0 aliphatic heterocycles. The lowest BCUT2D eigenvalue weighted by Gasteiger charge is -2.27. The Morgan fingerprint density at radius 1 is 0.370 bits per heavy atom. The zero-order valence-corrected chi connectivity index (χ0v) is 29.4. The maximum atomic E-state index is 6.68. The molecule has 3 nitrogen and oxygen atoms in total. The van der Waals surface area contributed by atoms with Gasteiger partial charge in [-0.2, -0.15) is 0 Å². The molecule has 2 aromatic heterocycles. The Kier molecular flexibility index (Phi) is 7.81. The van der Waals surface area contributed by atoms with Crippen molar-refractivity contribution in [1.82, 2.24) is 4.98 Å². The van der Waals surface area contributed by atoms with Gasteiger partial charge in [0.25, 0.3) is 0 Å². The third-order valence-corrected chi connectivity index (χ3v) is 10.3. The Morgan fingerprint density at radius 3 is 1.48 bits per heavy atom. The first-order chi connectivity index (χ1) is 26.8. The summed E-state index contributed by atoms with van der Waals surface area (Å²) in [6.07, 6.45) is 0. The highest BCUT2D eigenvalue weighted by atomic mass is 16.3. The highest BCUT2D eigenvalue weighted by Gasteiger charge is 2.22. The first kappa shape index (κ1) is 31.5. The molecule has 3 heteroatoms. The van der Waals surface area contributed by atoms with Gasteiger partial charge in [0.15, 0.2) is 0 Å². The Bertz CT molecular complexity index is 2820. The fourth-order valence-electron chi connectivity index (χ4n) is 7.63. The van der Waals surface area contributed by atoms with Gasteiger partial charge in [0, 0.05) is 27.7 Å². The Hall–Kier alpha value is -7.23. The standard InChI is InChI=1S/C51H34N2O/c1-4-14-35(15-5-1)37-24-28-41(29-25-37)53(42-30-26-38(27-31-42)36-16-6-2-7-17-36)48-32-40(33-50-51(48)44-21-11-13-23-49(44)54-50)47-34-45(39-18-8-3-9-19-39)43-20-10-12-22-46(43)52-47/h1-34H. The van der Waals surface area contributed by atoms with Gasteiger partial charge in [0.1, 0.15) is 11.2 Å². The molecule has 54 heavy (non-hydrogen) atoms. The number of fused-ring (bicyclic) bond motifs is 4. The lowest BCUT2D eigenvalue weighted by molar-refractivity contribution is 0.669. The van der Waals surface area contributed by atoms with Gasteiger partial charge < -0.3 is 9.32 Å². The van der Waals surface area contributed by atoms with Crippen molar-refractivity contribution in [3.63, 3.8) is 0 Å². The number of para-hydroxylation sites is 2. The fourth-order valence-corrected chi connectivity index (χ4v) is 7.63. The second kappa shape index (κ2) is 13.4. The van der Waals surface area contributed by atoms with Crippen LogP contribution in [0.5, 0.6) is 0 Å². The number of rotatable bonds is 7. The van der Waals surface area contributed by atoms with Gasteiger partial charge in [-0.3, -0.25) is 0 Å². The molecule has 0 atom stereocenters. The van der Waals surface area contributed by atoms with Crippen LogP contribution in [0.15, 0.2) is 211 Å². The zero-order valence-electron chi connectivity index (χ0n) is 29.4. The number of hydrogen-bond acceptors (Lipinski definition) is 3. The quantitative estimate of drug-likeness (QED) is 0.167. The number of benzene rings is 8. The van der Waals surface area contributed by atoms with E-state index < -0.39 is 0 Å². The molecule has 8 aromatic carbocycles. The Morgan fingerprint density at radius 2 is 0.870 bits per heavy atom. The van der Waals surface area contributed by atoms with E-state index in [1.807, 2.05) is 12.1 Å². The predicted octanol–water partition coefficient (Wildman–Crippen LogP) is 14.3. The average Bonchev–Trinajstić information content (AvgIpc) is 3.64. The molecular formula is C51H34N2O. The number of pyridine rings is 1. The molecule has 0 N–H and O–H groups in total. The van der Waals surface area contributed by atoms with E-state index in [-0.39, 0.29) is 0 Å². The van der Waals surface area contributed by atoms with Crippen LogP contribution in [0.1, 0.15) is 0 Å².